The number of hydrogen-bond acceptors (Lipinski definition) is 2. The predicted octanol–water partition coefficient (Wildman–Crippen LogP) is 5.22. The van der Waals surface area contributed by atoms with E-state index in [4.69, 9.17) is 11.6 Å². The van der Waals surface area contributed by atoms with Crippen LogP contribution >= 0.6 is 24.0 Å². The largest absolute Gasteiger partial charge is 0.348 e. The molecule has 0 fully saturated rings. The maximum atomic E-state index is 12.2. The smallest absolute Gasteiger partial charge is 0.323 e. The van der Waals surface area contributed by atoms with Crippen LogP contribution in [0.15, 0.2) is 55.0 Å². The van der Waals surface area contributed by atoms with Crippen LogP contribution in [-0.4, -0.2) is 16.0 Å². The number of nitrogens with zero attached hydrogens (tertiary/aromatic N) is 1. The average molecular weight is 391 g/mol. The minimum Gasteiger partial charge on any atom is -0.348 e. The molecule has 1 heterocycles. The molecule has 0 saturated heterocycles. The number of aryl methyl sites for hydroxylation is 3. The first-order valence-corrected chi connectivity index (χ1v) is 8.38. The molecule has 3 aromatic rings. The van der Waals surface area contributed by atoms with Gasteiger partial charge in [0.15, 0.2) is 0 Å². The molecule has 0 unspecified atom stereocenters. The van der Waals surface area contributed by atoms with Crippen LogP contribution in [0.4, 0.5) is 16.2 Å². The minimum absolute atomic E-state index is 0. The van der Waals surface area contributed by atoms with E-state index in [1.54, 1.807) is 12.4 Å². The van der Waals surface area contributed by atoms with E-state index in [1.807, 2.05) is 49.5 Å². The highest BCUT2D eigenvalue weighted by atomic mass is 35.5. The van der Waals surface area contributed by atoms with Crippen LogP contribution in [0.1, 0.15) is 16.8 Å². The van der Waals surface area contributed by atoms with E-state index >= 15 is 0 Å². The number of carbonyl (C=O) groups is 1. The molecule has 0 saturated carbocycles. The Morgan fingerprint density at radius 3 is 2.58 bits per heavy atom. The SMILES string of the molecule is Cc1ccc(NC(=O)Nc2cccc(CCc3cnc[nH]3)c2)cc1Cl.Cl. The number of benzene rings is 2. The van der Waals surface area contributed by atoms with Crippen molar-refractivity contribution in [1.82, 2.24) is 9.97 Å². The Balaban J connectivity index is 0.00000243. The number of carbonyl (C=O) groups excluding carboxylic acids is 1. The van der Waals surface area contributed by atoms with Gasteiger partial charge in [0.05, 0.1) is 6.33 Å². The minimum atomic E-state index is -0.300. The van der Waals surface area contributed by atoms with Crippen molar-refractivity contribution in [2.24, 2.45) is 0 Å². The fourth-order valence-corrected chi connectivity index (χ4v) is 2.65. The molecule has 0 spiro atoms. The number of aromatic amines is 1. The molecule has 136 valence electrons. The van der Waals surface area contributed by atoms with Gasteiger partial charge in [-0.25, -0.2) is 9.78 Å². The van der Waals surface area contributed by atoms with Crippen molar-refractivity contribution < 1.29 is 4.79 Å². The number of imidazole rings is 1. The van der Waals surface area contributed by atoms with Crippen LogP contribution in [-0.2, 0) is 12.8 Å². The van der Waals surface area contributed by atoms with E-state index in [0.29, 0.717) is 10.7 Å². The maximum Gasteiger partial charge on any atom is 0.323 e. The Labute approximate surface area is 163 Å². The van der Waals surface area contributed by atoms with Crippen molar-refractivity contribution in [3.8, 4) is 0 Å². The highest BCUT2D eigenvalue weighted by Crippen LogP contribution is 2.20. The van der Waals surface area contributed by atoms with Crippen LogP contribution in [0.2, 0.25) is 5.02 Å². The lowest BCUT2D eigenvalue weighted by molar-refractivity contribution is 0.262. The van der Waals surface area contributed by atoms with Gasteiger partial charge in [-0.3, -0.25) is 0 Å². The van der Waals surface area contributed by atoms with Gasteiger partial charge in [-0.15, -0.1) is 12.4 Å². The number of amides is 2. The highest BCUT2D eigenvalue weighted by molar-refractivity contribution is 6.31. The zero-order valence-corrected chi connectivity index (χ0v) is 15.8. The first-order valence-electron chi connectivity index (χ1n) is 8.00. The lowest BCUT2D eigenvalue weighted by Crippen LogP contribution is -2.19. The van der Waals surface area contributed by atoms with E-state index in [0.717, 1.165) is 35.3 Å². The van der Waals surface area contributed by atoms with Crippen molar-refractivity contribution in [2.75, 3.05) is 10.6 Å². The van der Waals surface area contributed by atoms with Gasteiger partial charge in [-0.1, -0.05) is 29.8 Å². The van der Waals surface area contributed by atoms with Crippen molar-refractivity contribution in [1.29, 1.82) is 0 Å². The summed E-state index contributed by atoms with van der Waals surface area (Å²) in [6.07, 6.45) is 5.24. The van der Waals surface area contributed by atoms with Crippen molar-refractivity contribution in [3.63, 3.8) is 0 Å². The van der Waals surface area contributed by atoms with E-state index in [-0.39, 0.29) is 18.4 Å². The molecule has 5 nitrogen and oxygen atoms in total. The second-order valence-corrected chi connectivity index (χ2v) is 6.23. The summed E-state index contributed by atoms with van der Waals surface area (Å²) < 4.78 is 0. The molecule has 0 aliphatic rings. The van der Waals surface area contributed by atoms with Crippen LogP contribution in [0, 0.1) is 6.92 Å². The standard InChI is InChI=1S/C19H19ClN4O.ClH/c1-13-5-7-16(10-18(13)20)24-19(25)23-15-4-2-3-14(9-15)6-8-17-11-21-12-22-17;/h2-5,7,9-12H,6,8H2,1H3,(H,21,22)(H2,23,24,25);1H. The summed E-state index contributed by atoms with van der Waals surface area (Å²) in [6.45, 7) is 1.92. The normalized spacial score (nSPS) is 10.1. The van der Waals surface area contributed by atoms with Gasteiger partial charge in [-0.2, -0.15) is 0 Å². The van der Waals surface area contributed by atoms with E-state index < -0.39 is 0 Å². The quantitative estimate of drug-likeness (QED) is 0.558. The van der Waals surface area contributed by atoms with Crippen LogP contribution in [0.5, 0.6) is 0 Å². The van der Waals surface area contributed by atoms with Gasteiger partial charge in [0.2, 0.25) is 0 Å². The molecule has 2 amide bonds. The topological polar surface area (TPSA) is 69.8 Å². The summed E-state index contributed by atoms with van der Waals surface area (Å²) in [4.78, 5) is 19.3. The first kappa shape index (κ1) is 19.8. The van der Waals surface area contributed by atoms with Gasteiger partial charge in [0.25, 0.3) is 0 Å². The third-order valence-corrected chi connectivity index (χ3v) is 4.26. The maximum absolute atomic E-state index is 12.2. The predicted molar refractivity (Wildman–Crippen MR) is 109 cm³/mol. The molecule has 3 rings (SSSR count). The van der Waals surface area contributed by atoms with Gasteiger partial charge >= 0.3 is 6.03 Å². The molecule has 7 heteroatoms. The molecule has 1 aromatic heterocycles. The monoisotopic (exact) mass is 390 g/mol. The number of aromatic nitrogens is 2. The lowest BCUT2D eigenvalue weighted by atomic mass is 10.1. The molecular formula is C19H20Cl2N4O. The highest BCUT2D eigenvalue weighted by Gasteiger charge is 2.05. The Bertz CT molecular complexity index is 866. The van der Waals surface area contributed by atoms with E-state index in [1.165, 1.54) is 0 Å². The molecular weight excluding hydrogens is 371 g/mol. The Morgan fingerprint density at radius 2 is 1.88 bits per heavy atom. The second kappa shape index (κ2) is 9.27. The summed E-state index contributed by atoms with van der Waals surface area (Å²) in [5, 5.41) is 6.25. The Morgan fingerprint density at radius 1 is 1.12 bits per heavy atom. The summed E-state index contributed by atoms with van der Waals surface area (Å²) in [7, 11) is 0. The number of hydrogen-bond donors (Lipinski definition) is 3. The number of H-pyrrole nitrogens is 1. The molecule has 3 N–H and O–H groups in total. The first-order chi connectivity index (χ1) is 12.1. The summed E-state index contributed by atoms with van der Waals surface area (Å²) >= 11 is 6.08. The van der Waals surface area contributed by atoms with Crippen molar-refractivity contribution in [3.05, 3.63) is 76.8 Å². The van der Waals surface area contributed by atoms with Crippen LogP contribution < -0.4 is 10.6 Å². The molecule has 2 aromatic carbocycles. The van der Waals surface area contributed by atoms with Gasteiger partial charge < -0.3 is 15.6 Å². The summed E-state index contributed by atoms with van der Waals surface area (Å²) in [6, 6.07) is 12.9. The van der Waals surface area contributed by atoms with Gasteiger partial charge in [-0.05, 0) is 55.2 Å². The average Bonchev–Trinajstić information content (AvgIpc) is 3.10. The van der Waals surface area contributed by atoms with Crippen molar-refractivity contribution >= 4 is 41.4 Å². The lowest BCUT2D eigenvalue weighted by Gasteiger charge is -2.10. The second-order valence-electron chi connectivity index (χ2n) is 5.82. The Hall–Kier alpha value is -2.50. The molecule has 0 radical (unpaired) electrons. The number of nitrogens with one attached hydrogen (secondary N) is 3. The van der Waals surface area contributed by atoms with Crippen molar-refractivity contribution in [2.45, 2.75) is 19.8 Å². The number of urea groups is 1. The molecule has 0 atom stereocenters. The van der Waals surface area contributed by atoms with E-state index in [9.17, 15) is 4.79 Å². The van der Waals surface area contributed by atoms with Gasteiger partial charge in [0.1, 0.15) is 0 Å². The van der Waals surface area contributed by atoms with Crippen LogP contribution in [0.3, 0.4) is 0 Å². The zero-order chi connectivity index (χ0) is 17.6. The molecule has 0 aliphatic heterocycles. The van der Waals surface area contributed by atoms with Crippen LogP contribution in [0.25, 0.3) is 0 Å². The third-order valence-electron chi connectivity index (χ3n) is 3.85. The number of rotatable bonds is 5. The third kappa shape index (κ3) is 5.51. The van der Waals surface area contributed by atoms with Gasteiger partial charge in [0, 0.05) is 28.3 Å². The Kier molecular flexibility index (Phi) is 7.06. The summed E-state index contributed by atoms with van der Waals surface area (Å²) in [5.41, 5.74) is 4.61. The summed E-state index contributed by atoms with van der Waals surface area (Å²) in [5.74, 6) is 0. The molecule has 26 heavy (non-hydrogen) atoms. The zero-order valence-electron chi connectivity index (χ0n) is 14.3. The van der Waals surface area contributed by atoms with E-state index in [2.05, 4.69) is 20.6 Å². The number of anilines is 2. The fraction of sp³-hybridized carbons (Fsp3) is 0.158. The fourth-order valence-electron chi connectivity index (χ4n) is 2.47. The molecule has 0 bridgehead atoms. The number of halogens is 2. The molecule has 0 aliphatic carbocycles.